The van der Waals surface area contributed by atoms with E-state index < -0.39 is 130 Å². The van der Waals surface area contributed by atoms with E-state index in [1.165, 1.54) is 24.3 Å². The normalized spacial score (nSPS) is 13.6. The lowest BCUT2D eigenvalue weighted by molar-refractivity contribution is -0.385. The number of alkyl carbamates (subject to hydrolysis) is 1. The number of carbonyl (C=O) groups excluding carboxylic acids is 7. The molecule has 22 heteroatoms. The second kappa shape index (κ2) is 32.7. The van der Waals surface area contributed by atoms with Crippen LogP contribution in [0.3, 0.4) is 0 Å². The van der Waals surface area contributed by atoms with Crippen molar-refractivity contribution in [1.29, 1.82) is 0 Å². The number of carbonyl (C=O) groups is 8. The Balaban J connectivity index is 1.64. The van der Waals surface area contributed by atoms with Crippen LogP contribution >= 0.6 is 0 Å². The molecule has 0 bridgehead atoms. The number of nitrogens with one attached hydrogen (secondary N) is 6. The van der Waals surface area contributed by atoms with E-state index in [1.54, 1.807) is 109 Å². The first-order valence-corrected chi connectivity index (χ1v) is 29.9. The number of nitrogens with two attached hydrogens (primary N) is 1. The average Bonchev–Trinajstić information content (AvgIpc) is 1.62. The molecule has 89 heavy (non-hydrogen) atoms. The van der Waals surface area contributed by atoms with Gasteiger partial charge in [-0.1, -0.05) is 155 Å². The second-order valence-electron chi connectivity index (χ2n) is 24.4. The lowest BCUT2D eigenvalue weighted by Gasteiger charge is -2.37. The van der Waals surface area contributed by atoms with E-state index in [0.717, 1.165) is 4.90 Å². The van der Waals surface area contributed by atoms with Gasteiger partial charge in [-0.15, -0.1) is 0 Å². The van der Waals surface area contributed by atoms with Gasteiger partial charge in [0, 0.05) is 24.6 Å². The van der Waals surface area contributed by atoms with Crippen molar-refractivity contribution in [2.75, 3.05) is 13.1 Å². The number of hydrogen-bond acceptors (Lipinski definition) is 13. The molecule has 0 aromatic heterocycles. The van der Waals surface area contributed by atoms with E-state index in [4.69, 9.17) is 15.2 Å². The zero-order valence-corrected chi connectivity index (χ0v) is 52.5. The third kappa shape index (κ3) is 21.6. The predicted octanol–water partition coefficient (Wildman–Crippen LogP) is 7.59. The summed E-state index contributed by atoms with van der Waals surface area (Å²) in [5, 5.41) is 39.4. The first-order valence-electron chi connectivity index (χ1n) is 29.9. The molecule has 0 aliphatic heterocycles. The molecule has 0 saturated carbocycles. The molecular weight excluding hydrogens is 1140 g/mol. The highest BCUT2D eigenvalue weighted by molar-refractivity contribution is 5.97. The third-order valence-electron chi connectivity index (χ3n) is 14.6. The Morgan fingerprint density at radius 2 is 1.17 bits per heavy atom. The van der Waals surface area contributed by atoms with Crippen molar-refractivity contribution in [3.05, 3.63) is 177 Å². The average molecular weight is 1230 g/mol. The Bertz CT molecular complexity index is 3090. The molecule has 22 nitrogen and oxygen atoms in total. The smallest absolute Gasteiger partial charge is 0.407 e. The number of rotatable bonds is 31. The van der Waals surface area contributed by atoms with E-state index in [0.29, 0.717) is 40.8 Å². The fourth-order valence-corrected chi connectivity index (χ4v) is 9.82. The van der Waals surface area contributed by atoms with Gasteiger partial charge in [-0.3, -0.25) is 38.9 Å². The highest BCUT2D eigenvalue weighted by atomic mass is 16.6. The molecule has 0 unspecified atom stereocenters. The van der Waals surface area contributed by atoms with Crippen molar-refractivity contribution in [2.45, 2.75) is 161 Å². The Morgan fingerprint density at radius 3 is 1.67 bits per heavy atom. The van der Waals surface area contributed by atoms with Crippen molar-refractivity contribution in [1.82, 2.24) is 36.8 Å². The number of nitro benzene ring substituents is 1. The largest absolute Gasteiger partial charge is 0.488 e. The maximum atomic E-state index is 15.9. The number of nitrogens with zero attached hydrogens (tertiary/aromatic N) is 2. The minimum atomic E-state index is -1.90. The van der Waals surface area contributed by atoms with Crippen molar-refractivity contribution < 1.29 is 57.9 Å². The third-order valence-corrected chi connectivity index (χ3v) is 14.6. The number of aliphatic carboxylic acids is 1. The summed E-state index contributed by atoms with van der Waals surface area (Å²) >= 11 is 0. The summed E-state index contributed by atoms with van der Waals surface area (Å²) in [6, 6.07) is 32.1. The SMILES string of the molecule is CC[C@H](C)[C@H](NC(=O)[C@H](Cc1ccc(OC(C)(C)C)cc1)NC(=O)CN(Cc1ccccc1[N+](=O)[O-])C(=O)[C@H](CC(=O)NC(c1ccccc1)(c1ccccc1)c1ccccc1)NC(=O)[C@H](CCCCNC(=O)OC(C)(C)C)NC(=O)[C@@H](N)C(C)C)C(=O)O. The molecule has 5 aromatic carbocycles. The number of para-hydroxylation sites is 1. The molecule has 478 valence electrons. The Morgan fingerprint density at radius 1 is 0.640 bits per heavy atom. The van der Waals surface area contributed by atoms with Crippen LogP contribution < -0.4 is 42.4 Å². The lowest BCUT2D eigenvalue weighted by atomic mass is 9.77. The molecule has 0 saturated heterocycles. The van der Waals surface area contributed by atoms with E-state index in [2.05, 4.69) is 31.9 Å². The molecule has 0 aliphatic carbocycles. The summed E-state index contributed by atoms with van der Waals surface area (Å²) in [5.41, 5.74) is 5.42. The van der Waals surface area contributed by atoms with Gasteiger partial charge in [-0.05, 0) is 107 Å². The minimum absolute atomic E-state index is 0.0538. The van der Waals surface area contributed by atoms with E-state index >= 15 is 14.4 Å². The molecule has 0 aliphatic rings. The molecular formula is C67H87N9O13. The summed E-state index contributed by atoms with van der Waals surface area (Å²) in [4.78, 5) is 127. The summed E-state index contributed by atoms with van der Waals surface area (Å²) in [5.74, 6) is -7.11. The van der Waals surface area contributed by atoms with E-state index in [-0.39, 0.29) is 37.3 Å². The van der Waals surface area contributed by atoms with Crippen LogP contribution in [-0.2, 0) is 56.8 Å². The van der Waals surface area contributed by atoms with Crippen molar-refractivity contribution >= 4 is 53.2 Å². The molecule has 6 atom stereocenters. The summed E-state index contributed by atoms with van der Waals surface area (Å²) in [7, 11) is 0. The second-order valence-corrected chi connectivity index (χ2v) is 24.4. The molecule has 0 radical (unpaired) electrons. The van der Waals surface area contributed by atoms with Crippen LogP contribution in [0.15, 0.2) is 140 Å². The molecule has 0 heterocycles. The lowest BCUT2D eigenvalue weighted by Crippen LogP contribution is -2.59. The number of benzene rings is 5. The number of nitro groups is 1. The van der Waals surface area contributed by atoms with Gasteiger partial charge in [-0.2, -0.15) is 0 Å². The number of hydrogen-bond donors (Lipinski definition) is 8. The number of carboxylic acid groups (broad SMARTS) is 1. The minimum Gasteiger partial charge on any atom is -0.488 e. The standard InChI is InChI=1S/C67H87N9O13/c1-11-44(4)58(63(83)84)73-60(80)52(39-45-34-36-50(37-35-45)88-65(5,6)7)70-56(78)42-75(41-46-25-21-22-33-54(46)76(86)87)62(82)53(72-59(79)51(71-61(81)57(68)43(2)3)32-23-24-38-69-64(85)89-66(8,9)10)40-55(77)74-67(47-26-15-12-16-27-47,48-28-17-13-18-29-48)49-30-19-14-20-31-49/h12-22,25-31,33-37,43-44,51-53,57-58H,11,23-24,32,38-42,68H2,1-10H3,(H,69,85)(H,70,78)(H,71,81)(H,72,79)(H,73,80)(H,74,77)(H,83,84)/t44-,51-,52-,53-,57-,58-/m0/s1. The van der Waals surface area contributed by atoms with E-state index in [1.807, 2.05) is 75.4 Å². The Kier molecular flexibility index (Phi) is 25.9. The van der Waals surface area contributed by atoms with Crippen LogP contribution in [0.2, 0.25) is 0 Å². The zero-order chi connectivity index (χ0) is 65.6. The topological polar surface area (TPSA) is 320 Å². The van der Waals surface area contributed by atoms with Gasteiger partial charge in [0.2, 0.25) is 35.4 Å². The monoisotopic (exact) mass is 1230 g/mol. The van der Waals surface area contributed by atoms with E-state index in [9.17, 15) is 39.2 Å². The summed E-state index contributed by atoms with van der Waals surface area (Å²) in [6.45, 7) is 16.1. The number of amides is 7. The van der Waals surface area contributed by atoms with Gasteiger partial charge < -0.3 is 57.1 Å². The quantitative estimate of drug-likeness (QED) is 0.00918. The molecule has 0 spiro atoms. The van der Waals surface area contributed by atoms with Gasteiger partial charge in [0.1, 0.15) is 46.7 Å². The van der Waals surface area contributed by atoms with Crippen LogP contribution in [0.1, 0.15) is 129 Å². The first-order chi connectivity index (χ1) is 42.0. The summed E-state index contributed by atoms with van der Waals surface area (Å²) < 4.78 is 11.3. The molecule has 7 amide bonds. The van der Waals surface area contributed by atoms with Gasteiger partial charge in [0.05, 0.1) is 30.5 Å². The Hall–Kier alpha value is -9.18. The van der Waals surface area contributed by atoms with Crippen molar-refractivity contribution in [3.63, 3.8) is 0 Å². The maximum absolute atomic E-state index is 15.9. The fourth-order valence-electron chi connectivity index (χ4n) is 9.82. The molecule has 5 rings (SSSR count). The van der Waals surface area contributed by atoms with Gasteiger partial charge in [0.15, 0.2) is 0 Å². The maximum Gasteiger partial charge on any atom is 0.407 e. The van der Waals surface area contributed by atoms with Gasteiger partial charge in [-0.25, -0.2) is 9.59 Å². The van der Waals surface area contributed by atoms with Crippen LogP contribution in [0, 0.1) is 22.0 Å². The van der Waals surface area contributed by atoms with Crippen LogP contribution in [0.4, 0.5) is 10.5 Å². The number of carboxylic acids is 1. The molecule has 9 N–H and O–H groups in total. The molecule has 0 fully saturated rings. The number of ether oxygens (including phenoxy) is 2. The fraction of sp³-hybridized carbons (Fsp3) is 0.433. The van der Waals surface area contributed by atoms with Crippen LogP contribution in [0.5, 0.6) is 5.75 Å². The van der Waals surface area contributed by atoms with Gasteiger partial charge >= 0.3 is 12.1 Å². The Labute approximate surface area is 521 Å². The van der Waals surface area contributed by atoms with Crippen LogP contribution in [0.25, 0.3) is 0 Å². The summed E-state index contributed by atoms with van der Waals surface area (Å²) in [6.07, 6.45) is -0.858. The highest BCUT2D eigenvalue weighted by Gasteiger charge is 2.41. The van der Waals surface area contributed by atoms with Gasteiger partial charge in [0.25, 0.3) is 5.69 Å². The zero-order valence-electron chi connectivity index (χ0n) is 52.5. The highest BCUT2D eigenvalue weighted by Crippen LogP contribution is 2.37. The number of unbranched alkanes of at least 4 members (excludes halogenated alkanes) is 1. The van der Waals surface area contributed by atoms with Crippen molar-refractivity contribution in [2.24, 2.45) is 17.6 Å². The van der Waals surface area contributed by atoms with Crippen molar-refractivity contribution in [3.8, 4) is 5.75 Å². The first kappa shape index (κ1) is 70.6. The predicted molar refractivity (Wildman–Crippen MR) is 337 cm³/mol. The molecule has 5 aromatic rings. The van der Waals surface area contributed by atoms with Crippen LogP contribution in [-0.4, -0.2) is 117 Å².